The summed E-state index contributed by atoms with van der Waals surface area (Å²) in [4.78, 5) is 29.0. The van der Waals surface area contributed by atoms with Crippen LogP contribution in [0.1, 0.15) is 43.2 Å². The fourth-order valence-electron chi connectivity index (χ4n) is 4.64. The van der Waals surface area contributed by atoms with Crippen LogP contribution in [0.3, 0.4) is 0 Å². The van der Waals surface area contributed by atoms with Gasteiger partial charge < -0.3 is 15.0 Å². The van der Waals surface area contributed by atoms with Crippen molar-refractivity contribution >= 4 is 27.7 Å². The van der Waals surface area contributed by atoms with Crippen molar-refractivity contribution in [3.8, 4) is 5.75 Å². The molecule has 1 aliphatic carbocycles. The maximum atomic E-state index is 13.7. The Kier molecular flexibility index (Phi) is 9.71. The molecule has 3 aromatic rings. The minimum atomic E-state index is -0.711. The number of carbonyl (C=O) groups is 2. The van der Waals surface area contributed by atoms with E-state index in [1.54, 1.807) is 4.90 Å². The third kappa shape index (κ3) is 8.15. The second-order valence-corrected chi connectivity index (χ2v) is 10.4. The predicted molar refractivity (Wildman–Crippen MR) is 146 cm³/mol. The largest absolute Gasteiger partial charge is 0.484 e. The quantitative estimate of drug-likeness (QED) is 0.324. The van der Waals surface area contributed by atoms with Crippen LogP contribution in [-0.4, -0.2) is 35.4 Å². The SMILES string of the molecule is O=C(NC1CCCCC1)[C@H](Cc1ccccc1)N(Cc1ccc(Br)cc1)C(=O)COc1ccc(F)cc1. The summed E-state index contributed by atoms with van der Waals surface area (Å²) in [6.45, 7) is -0.00135. The minimum absolute atomic E-state index is 0.125. The molecular weight excluding hydrogens is 535 g/mol. The fourth-order valence-corrected chi connectivity index (χ4v) is 4.91. The number of halogens is 2. The summed E-state index contributed by atoms with van der Waals surface area (Å²) in [5.74, 6) is -0.447. The van der Waals surface area contributed by atoms with Gasteiger partial charge in [-0.15, -0.1) is 0 Å². The lowest BCUT2D eigenvalue weighted by molar-refractivity contribution is -0.143. The molecule has 1 fully saturated rings. The van der Waals surface area contributed by atoms with Gasteiger partial charge in [0.1, 0.15) is 17.6 Å². The van der Waals surface area contributed by atoms with Crippen LogP contribution < -0.4 is 10.1 Å². The highest BCUT2D eigenvalue weighted by molar-refractivity contribution is 9.10. The zero-order chi connectivity index (χ0) is 26.0. The summed E-state index contributed by atoms with van der Waals surface area (Å²) < 4.78 is 19.9. The number of carbonyl (C=O) groups excluding carboxylic acids is 2. The van der Waals surface area contributed by atoms with Gasteiger partial charge in [-0.3, -0.25) is 9.59 Å². The van der Waals surface area contributed by atoms with Crippen molar-refractivity contribution in [2.75, 3.05) is 6.61 Å². The molecule has 4 rings (SSSR count). The third-order valence-electron chi connectivity index (χ3n) is 6.66. The minimum Gasteiger partial charge on any atom is -0.484 e. The van der Waals surface area contributed by atoms with Crippen molar-refractivity contribution in [2.24, 2.45) is 0 Å². The normalized spacial score (nSPS) is 14.5. The first-order valence-corrected chi connectivity index (χ1v) is 13.5. The van der Waals surface area contributed by atoms with Gasteiger partial charge in [-0.25, -0.2) is 4.39 Å². The molecular formula is C30H32BrFN2O3. The summed E-state index contributed by atoms with van der Waals surface area (Å²) >= 11 is 3.46. The van der Waals surface area contributed by atoms with Gasteiger partial charge in [0.25, 0.3) is 5.91 Å². The Balaban J connectivity index is 1.59. The molecule has 5 nitrogen and oxygen atoms in total. The van der Waals surface area contributed by atoms with Gasteiger partial charge in [0.15, 0.2) is 6.61 Å². The molecule has 0 aromatic heterocycles. The van der Waals surface area contributed by atoms with Crippen molar-refractivity contribution in [1.29, 1.82) is 0 Å². The van der Waals surface area contributed by atoms with Gasteiger partial charge >= 0.3 is 0 Å². The molecule has 0 unspecified atom stereocenters. The van der Waals surface area contributed by atoms with E-state index in [9.17, 15) is 14.0 Å². The molecule has 3 aromatic carbocycles. The Morgan fingerprint density at radius 1 is 0.919 bits per heavy atom. The van der Waals surface area contributed by atoms with E-state index in [-0.39, 0.29) is 36.8 Å². The average molecular weight is 567 g/mol. The van der Waals surface area contributed by atoms with Gasteiger partial charge in [-0.1, -0.05) is 77.7 Å². The van der Waals surface area contributed by atoms with Gasteiger partial charge in [0, 0.05) is 23.5 Å². The van der Waals surface area contributed by atoms with E-state index in [0.29, 0.717) is 12.2 Å². The molecule has 2 amide bonds. The zero-order valence-electron chi connectivity index (χ0n) is 20.7. The Labute approximate surface area is 226 Å². The van der Waals surface area contributed by atoms with Crippen molar-refractivity contribution < 1.29 is 18.7 Å². The maximum absolute atomic E-state index is 13.7. The molecule has 1 aliphatic rings. The lowest BCUT2D eigenvalue weighted by Crippen LogP contribution is -2.53. The molecule has 1 saturated carbocycles. The molecule has 0 saturated heterocycles. The van der Waals surface area contributed by atoms with Crippen LogP contribution in [0.4, 0.5) is 4.39 Å². The molecule has 1 atom stereocenters. The Hall–Kier alpha value is -3.19. The second-order valence-electron chi connectivity index (χ2n) is 9.44. The molecule has 0 radical (unpaired) electrons. The van der Waals surface area contributed by atoms with Gasteiger partial charge in [0.2, 0.25) is 5.91 Å². The molecule has 0 spiro atoms. The number of ether oxygens (including phenoxy) is 1. The molecule has 7 heteroatoms. The highest BCUT2D eigenvalue weighted by Gasteiger charge is 2.32. The summed E-state index contributed by atoms with van der Waals surface area (Å²) in [5, 5.41) is 3.23. The number of rotatable bonds is 10. The third-order valence-corrected chi connectivity index (χ3v) is 7.19. The number of nitrogens with zero attached hydrogens (tertiary/aromatic N) is 1. The lowest BCUT2D eigenvalue weighted by atomic mass is 9.94. The van der Waals surface area contributed by atoms with E-state index < -0.39 is 6.04 Å². The van der Waals surface area contributed by atoms with Crippen molar-refractivity contribution in [2.45, 2.75) is 57.2 Å². The van der Waals surface area contributed by atoms with E-state index in [2.05, 4.69) is 21.2 Å². The summed E-state index contributed by atoms with van der Waals surface area (Å²) in [6.07, 6.45) is 5.69. The summed E-state index contributed by atoms with van der Waals surface area (Å²) in [7, 11) is 0. The first kappa shape index (κ1) is 26.9. The Morgan fingerprint density at radius 2 is 1.59 bits per heavy atom. The standard InChI is InChI=1S/C30H32BrFN2O3/c31-24-13-11-23(12-14-24)20-34(29(35)21-37-27-17-15-25(32)16-18-27)28(19-22-7-3-1-4-8-22)30(36)33-26-9-5-2-6-10-26/h1,3-4,7-8,11-18,26,28H,2,5-6,9-10,19-21H2,(H,33,36)/t28-/m0/s1. The van der Waals surface area contributed by atoms with Crippen molar-refractivity contribution in [1.82, 2.24) is 10.2 Å². The first-order chi connectivity index (χ1) is 18.0. The lowest BCUT2D eigenvalue weighted by Gasteiger charge is -2.33. The summed E-state index contributed by atoms with van der Waals surface area (Å²) in [5.41, 5.74) is 1.88. The number of hydrogen-bond donors (Lipinski definition) is 1. The second kappa shape index (κ2) is 13.4. The molecule has 0 heterocycles. The fraction of sp³-hybridized carbons (Fsp3) is 0.333. The van der Waals surface area contributed by atoms with Crippen LogP contribution >= 0.6 is 15.9 Å². The highest BCUT2D eigenvalue weighted by Crippen LogP contribution is 2.21. The van der Waals surface area contributed by atoms with Crippen molar-refractivity contribution in [3.63, 3.8) is 0 Å². The number of benzene rings is 3. The number of hydrogen-bond acceptors (Lipinski definition) is 3. The Morgan fingerprint density at radius 3 is 2.27 bits per heavy atom. The van der Waals surface area contributed by atoms with Crippen LogP contribution in [0, 0.1) is 5.82 Å². The summed E-state index contributed by atoms with van der Waals surface area (Å²) in [6, 6.07) is 22.4. The number of amides is 2. The smallest absolute Gasteiger partial charge is 0.261 e. The molecule has 37 heavy (non-hydrogen) atoms. The number of nitrogens with one attached hydrogen (secondary N) is 1. The van der Waals surface area contributed by atoms with Gasteiger partial charge in [-0.2, -0.15) is 0 Å². The van der Waals surface area contributed by atoms with Crippen LogP contribution in [0.15, 0.2) is 83.3 Å². The van der Waals surface area contributed by atoms with Crippen LogP contribution in [-0.2, 0) is 22.6 Å². The van der Waals surface area contributed by atoms with Crippen LogP contribution in [0.5, 0.6) is 5.75 Å². The van der Waals surface area contributed by atoms with Gasteiger partial charge in [0.05, 0.1) is 0 Å². The van der Waals surface area contributed by atoms with E-state index >= 15 is 0 Å². The van der Waals surface area contributed by atoms with Gasteiger partial charge in [-0.05, 0) is 60.4 Å². The van der Waals surface area contributed by atoms with Crippen LogP contribution in [0.2, 0.25) is 0 Å². The molecule has 1 N–H and O–H groups in total. The molecule has 0 aliphatic heterocycles. The van der Waals surface area contributed by atoms with E-state index in [0.717, 1.165) is 41.3 Å². The topological polar surface area (TPSA) is 58.6 Å². The van der Waals surface area contributed by atoms with Crippen molar-refractivity contribution in [3.05, 3.63) is 100 Å². The Bertz CT molecular complexity index is 1150. The monoisotopic (exact) mass is 566 g/mol. The zero-order valence-corrected chi connectivity index (χ0v) is 22.3. The van der Waals surface area contributed by atoms with Crippen LogP contribution in [0.25, 0.3) is 0 Å². The first-order valence-electron chi connectivity index (χ1n) is 12.7. The van der Waals surface area contributed by atoms with E-state index in [4.69, 9.17) is 4.74 Å². The van der Waals surface area contributed by atoms with E-state index in [1.807, 2.05) is 54.6 Å². The predicted octanol–water partition coefficient (Wildman–Crippen LogP) is 6.06. The average Bonchev–Trinajstić information content (AvgIpc) is 2.92. The molecule has 194 valence electrons. The van der Waals surface area contributed by atoms with E-state index in [1.165, 1.54) is 30.7 Å². The maximum Gasteiger partial charge on any atom is 0.261 e. The molecule has 0 bridgehead atoms. The highest BCUT2D eigenvalue weighted by atomic mass is 79.9.